The molecule has 0 fully saturated rings. The van der Waals surface area contributed by atoms with E-state index in [4.69, 9.17) is 11.6 Å². The van der Waals surface area contributed by atoms with Crippen LogP contribution in [0.4, 0.5) is 0 Å². The molecule has 0 spiro atoms. The molecule has 2 heterocycles. The summed E-state index contributed by atoms with van der Waals surface area (Å²) in [5.74, 6) is 0. The molecule has 0 N–H and O–H groups in total. The van der Waals surface area contributed by atoms with Crippen LogP contribution in [-0.4, -0.2) is 14.5 Å². The fourth-order valence-corrected chi connectivity index (χ4v) is 1.33. The van der Waals surface area contributed by atoms with E-state index in [0.717, 1.165) is 11.0 Å². The van der Waals surface area contributed by atoms with E-state index in [1.165, 1.54) is 6.33 Å². The van der Waals surface area contributed by atoms with Crippen molar-refractivity contribution in [2.45, 2.75) is 0 Å². The van der Waals surface area contributed by atoms with Crippen LogP contribution in [0.25, 0.3) is 17.2 Å². The molecule has 2 aromatic heterocycles. The number of hydrogen-bond donors (Lipinski definition) is 0. The Morgan fingerprint density at radius 3 is 3.15 bits per heavy atom. The first-order valence-corrected chi connectivity index (χ1v) is 4.03. The molecule has 2 aromatic rings. The van der Waals surface area contributed by atoms with Gasteiger partial charge in [0.15, 0.2) is 0 Å². The summed E-state index contributed by atoms with van der Waals surface area (Å²) >= 11 is 5.86. The highest BCUT2D eigenvalue weighted by atomic mass is 35.5. The van der Waals surface area contributed by atoms with Gasteiger partial charge in [0, 0.05) is 6.20 Å². The van der Waals surface area contributed by atoms with E-state index in [9.17, 15) is 0 Å². The van der Waals surface area contributed by atoms with Gasteiger partial charge in [0.2, 0.25) is 0 Å². The quantitative estimate of drug-likeness (QED) is 0.512. The zero-order chi connectivity index (χ0) is 9.26. The van der Waals surface area contributed by atoms with Gasteiger partial charge in [-0.1, -0.05) is 18.2 Å². The van der Waals surface area contributed by atoms with Crippen LogP contribution in [0.2, 0.25) is 5.15 Å². The normalized spacial score (nSPS) is 9.92. The standard InChI is InChI=1S/C9H6ClN3/c1-2-4-13-5-3-7-8(10)11-6-12-9(7)13/h3-6H,1H2. The maximum Gasteiger partial charge on any atom is 0.149 e. The van der Waals surface area contributed by atoms with Crippen LogP contribution in [0.5, 0.6) is 0 Å². The zero-order valence-corrected chi connectivity index (χ0v) is 7.49. The van der Waals surface area contributed by atoms with E-state index < -0.39 is 0 Å². The maximum absolute atomic E-state index is 5.86. The minimum Gasteiger partial charge on any atom is -0.301 e. The number of hydrogen-bond acceptors (Lipinski definition) is 2. The lowest BCUT2D eigenvalue weighted by molar-refractivity contribution is 1.13. The first-order valence-electron chi connectivity index (χ1n) is 3.66. The van der Waals surface area contributed by atoms with Gasteiger partial charge in [-0.2, -0.15) is 0 Å². The van der Waals surface area contributed by atoms with E-state index in [2.05, 4.69) is 22.3 Å². The highest BCUT2D eigenvalue weighted by Crippen LogP contribution is 2.19. The van der Waals surface area contributed by atoms with Crippen LogP contribution in [0.3, 0.4) is 0 Å². The number of halogens is 1. The minimum atomic E-state index is 0.459. The monoisotopic (exact) mass is 191 g/mol. The van der Waals surface area contributed by atoms with E-state index >= 15 is 0 Å². The van der Waals surface area contributed by atoms with Crippen molar-refractivity contribution >= 4 is 28.8 Å². The number of nitrogens with zero attached hydrogens (tertiary/aromatic N) is 3. The van der Waals surface area contributed by atoms with Crippen molar-refractivity contribution in [2.24, 2.45) is 0 Å². The Labute approximate surface area is 80.0 Å². The molecule has 0 aliphatic rings. The second kappa shape index (κ2) is 3.05. The largest absolute Gasteiger partial charge is 0.301 e. The molecular weight excluding hydrogens is 186 g/mol. The molecule has 0 aromatic carbocycles. The van der Waals surface area contributed by atoms with Gasteiger partial charge in [0.25, 0.3) is 0 Å². The lowest BCUT2D eigenvalue weighted by atomic mass is 10.4. The molecule has 0 bridgehead atoms. The Morgan fingerprint density at radius 2 is 2.38 bits per heavy atom. The van der Waals surface area contributed by atoms with Crippen molar-refractivity contribution < 1.29 is 0 Å². The minimum absolute atomic E-state index is 0.459. The van der Waals surface area contributed by atoms with Gasteiger partial charge >= 0.3 is 0 Å². The van der Waals surface area contributed by atoms with Crippen LogP contribution in [-0.2, 0) is 0 Å². The van der Waals surface area contributed by atoms with Gasteiger partial charge in [-0.25, -0.2) is 9.97 Å². The molecule has 0 atom stereocenters. The SMILES string of the molecule is C=C=Cn1ccc2c(Cl)ncnc21. The molecular formula is C9H6ClN3. The van der Waals surface area contributed by atoms with E-state index in [1.54, 1.807) is 10.8 Å². The van der Waals surface area contributed by atoms with Gasteiger partial charge < -0.3 is 4.57 Å². The number of fused-ring (bicyclic) bond motifs is 1. The topological polar surface area (TPSA) is 30.7 Å². The lowest BCUT2D eigenvalue weighted by Gasteiger charge is -1.94. The van der Waals surface area contributed by atoms with E-state index in [0.29, 0.717) is 5.15 Å². The Kier molecular flexibility index (Phi) is 1.89. The predicted molar refractivity (Wildman–Crippen MR) is 52.4 cm³/mol. The zero-order valence-electron chi connectivity index (χ0n) is 6.74. The maximum atomic E-state index is 5.86. The van der Waals surface area contributed by atoms with Gasteiger partial charge in [-0.3, -0.25) is 0 Å². The molecule has 0 saturated carbocycles. The molecule has 0 amide bonds. The second-order valence-electron chi connectivity index (χ2n) is 2.46. The Morgan fingerprint density at radius 1 is 1.54 bits per heavy atom. The average molecular weight is 192 g/mol. The van der Waals surface area contributed by atoms with Crippen LogP contribution in [0.1, 0.15) is 0 Å². The summed E-state index contributed by atoms with van der Waals surface area (Å²) in [5.41, 5.74) is 3.43. The predicted octanol–water partition coefficient (Wildman–Crippen LogP) is 2.34. The summed E-state index contributed by atoms with van der Waals surface area (Å²) in [7, 11) is 0. The van der Waals surface area contributed by atoms with Gasteiger partial charge in [-0.05, 0) is 6.07 Å². The summed E-state index contributed by atoms with van der Waals surface area (Å²) in [6, 6.07) is 1.85. The average Bonchev–Trinajstić information content (AvgIpc) is 2.51. The van der Waals surface area contributed by atoms with Gasteiger partial charge in [-0.15, -0.1) is 5.73 Å². The molecule has 0 aliphatic heterocycles. The molecule has 2 rings (SSSR count). The third-order valence-electron chi connectivity index (χ3n) is 1.69. The summed E-state index contributed by atoms with van der Waals surface area (Å²) in [5, 5.41) is 1.29. The lowest BCUT2D eigenvalue weighted by Crippen LogP contribution is -1.87. The molecule has 0 aliphatic carbocycles. The molecule has 0 saturated heterocycles. The van der Waals surface area contributed by atoms with E-state index in [-0.39, 0.29) is 0 Å². The van der Waals surface area contributed by atoms with Crippen LogP contribution >= 0.6 is 11.6 Å². The van der Waals surface area contributed by atoms with Gasteiger partial charge in [0.05, 0.1) is 11.6 Å². The fraction of sp³-hybridized carbons (Fsp3) is 0. The van der Waals surface area contributed by atoms with E-state index in [1.807, 2.05) is 12.3 Å². The molecule has 0 unspecified atom stereocenters. The molecule has 3 nitrogen and oxygen atoms in total. The molecule has 4 heteroatoms. The first-order chi connectivity index (χ1) is 6.33. The summed E-state index contributed by atoms with van der Waals surface area (Å²) < 4.78 is 1.79. The van der Waals surface area contributed by atoms with Gasteiger partial charge in [0.1, 0.15) is 17.1 Å². The summed E-state index contributed by atoms with van der Waals surface area (Å²) in [4.78, 5) is 7.96. The van der Waals surface area contributed by atoms with Crippen LogP contribution in [0.15, 0.2) is 30.9 Å². The smallest absolute Gasteiger partial charge is 0.149 e. The summed E-state index contributed by atoms with van der Waals surface area (Å²) in [6.45, 7) is 3.49. The van der Waals surface area contributed by atoms with Crippen molar-refractivity contribution in [1.29, 1.82) is 0 Å². The first kappa shape index (κ1) is 8.05. The van der Waals surface area contributed by atoms with Crippen molar-refractivity contribution in [2.75, 3.05) is 0 Å². The van der Waals surface area contributed by atoms with Crippen molar-refractivity contribution in [3.05, 3.63) is 36.1 Å². The third kappa shape index (κ3) is 1.24. The highest BCUT2D eigenvalue weighted by molar-refractivity contribution is 6.33. The van der Waals surface area contributed by atoms with Crippen LogP contribution < -0.4 is 0 Å². The number of aromatic nitrogens is 3. The Bertz CT molecular complexity index is 495. The van der Waals surface area contributed by atoms with Crippen molar-refractivity contribution in [1.82, 2.24) is 14.5 Å². The summed E-state index contributed by atoms with van der Waals surface area (Å²) in [6.07, 6.45) is 4.95. The van der Waals surface area contributed by atoms with Crippen molar-refractivity contribution in [3.63, 3.8) is 0 Å². The van der Waals surface area contributed by atoms with Crippen molar-refractivity contribution in [3.8, 4) is 0 Å². The van der Waals surface area contributed by atoms with Crippen LogP contribution in [0, 0.1) is 0 Å². The third-order valence-corrected chi connectivity index (χ3v) is 1.99. The Balaban J connectivity index is 2.82. The number of rotatable bonds is 1. The molecule has 0 radical (unpaired) electrons. The fourth-order valence-electron chi connectivity index (χ4n) is 1.14. The second-order valence-corrected chi connectivity index (χ2v) is 2.82. The molecule has 64 valence electrons. The molecule has 13 heavy (non-hydrogen) atoms. The highest BCUT2D eigenvalue weighted by Gasteiger charge is 2.03. The Hall–Kier alpha value is -1.57.